The van der Waals surface area contributed by atoms with E-state index in [1.807, 2.05) is 31.2 Å². The zero-order valence-corrected chi connectivity index (χ0v) is 64.2. The van der Waals surface area contributed by atoms with E-state index in [9.17, 15) is 14.4 Å². The largest absolute Gasteiger partial charge is 0.382 e. The number of carbonyl (C=O) groups is 3. The molecule has 0 aliphatic carbocycles. The summed E-state index contributed by atoms with van der Waals surface area (Å²) in [6.45, 7) is 31.0. The summed E-state index contributed by atoms with van der Waals surface area (Å²) in [6, 6.07) is 7.93. The number of nitrogen functional groups attached to an aromatic ring is 1. The standard InChI is InChI=1S/C73H126N6O28/c1-5-83-61-66-77-69-70(64-8-6-7-9-65(64)76-71(69)74)79(66)62-73(3,4)107-59-58-106-57-56-105-55-54-104-53-52-103-51-50-102-49-48-101-47-46-100-45-44-99-43-42-98-41-40-97-39-38-96-37-36-95-35-34-94-33-32-93-31-30-92-29-28-91-27-26-90-25-24-89-23-22-88-21-20-87-19-18-86-17-16-85-15-14-84-13-11-75-67(80)10-12-78-68(81)60-63(2)72(78)82/h6-9,60H,5,10-59,61-62H2,1-4H3,(H2,74,76)(H,75,80). The first-order chi connectivity index (χ1) is 52.6. The summed E-state index contributed by atoms with van der Waals surface area (Å²) in [5.41, 5.74) is 8.61. The van der Waals surface area contributed by atoms with Gasteiger partial charge >= 0.3 is 0 Å². The number of para-hydroxylation sites is 1. The van der Waals surface area contributed by atoms with Crippen molar-refractivity contribution >= 4 is 45.5 Å². The Hall–Kier alpha value is -4.75. The molecule has 3 heterocycles. The Morgan fingerprint density at radius 1 is 0.421 bits per heavy atom. The number of anilines is 1. The molecule has 0 fully saturated rings. The Morgan fingerprint density at radius 3 is 1.02 bits per heavy atom. The van der Waals surface area contributed by atoms with Crippen molar-refractivity contribution in [1.29, 1.82) is 0 Å². The zero-order chi connectivity index (χ0) is 76.2. The van der Waals surface area contributed by atoms with Gasteiger partial charge in [-0.25, -0.2) is 9.97 Å². The first-order valence-corrected chi connectivity index (χ1v) is 37.4. The van der Waals surface area contributed by atoms with Crippen LogP contribution in [0.25, 0.3) is 21.9 Å². The van der Waals surface area contributed by atoms with Crippen molar-refractivity contribution in [3.63, 3.8) is 0 Å². The normalized spacial score (nSPS) is 12.7. The summed E-state index contributed by atoms with van der Waals surface area (Å²) in [6.07, 6.45) is 1.32. The van der Waals surface area contributed by atoms with Crippen molar-refractivity contribution < 1.29 is 133 Å². The van der Waals surface area contributed by atoms with E-state index < -0.39 is 5.60 Å². The van der Waals surface area contributed by atoms with E-state index in [4.69, 9.17) is 129 Å². The second kappa shape index (κ2) is 67.0. The van der Waals surface area contributed by atoms with Gasteiger partial charge in [0.1, 0.15) is 17.9 Å². The third kappa shape index (κ3) is 50.0. The molecule has 0 unspecified atom stereocenters. The van der Waals surface area contributed by atoms with Gasteiger partial charge in [-0.3, -0.25) is 19.3 Å². The quantitative estimate of drug-likeness (QED) is 0.0606. The number of hydrogen-bond donors (Lipinski definition) is 2. The second-order valence-electron chi connectivity index (χ2n) is 23.9. The number of pyridine rings is 1. The molecule has 1 aliphatic rings. The number of carbonyl (C=O) groups excluding carboxylic acids is 3. The van der Waals surface area contributed by atoms with E-state index in [2.05, 4.69) is 28.7 Å². The monoisotopic (exact) mass is 1530 g/mol. The van der Waals surface area contributed by atoms with Gasteiger partial charge in [0.25, 0.3) is 11.8 Å². The van der Waals surface area contributed by atoms with Crippen LogP contribution in [0.4, 0.5) is 5.82 Å². The molecule has 0 saturated heterocycles. The maximum Gasteiger partial charge on any atom is 0.256 e. The molecule has 107 heavy (non-hydrogen) atoms. The van der Waals surface area contributed by atoms with Crippen LogP contribution in [-0.2, 0) is 146 Å². The highest BCUT2D eigenvalue weighted by atomic mass is 16.6. The lowest BCUT2D eigenvalue weighted by Gasteiger charge is -2.27. The number of rotatable bonds is 81. The van der Waals surface area contributed by atoms with Crippen LogP contribution < -0.4 is 11.1 Å². The first-order valence-electron chi connectivity index (χ1n) is 37.4. The number of hydrogen-bond acceptors (Lipinski definition) is 31. The van der Waals surface area contributed by atoms with Gasteiger partial charge in [-0.15, -0.1) is 0 Å². The lowest BCUT2D eigenvalue weighted by atomic mass is 10.1. The average Bonchev–Trinajstić information content (AvgIpc) is 1.62. The van der Waals surface area contributed by atoms with Crippen molar-refractivity contribution in [2.24, 2.45) is 0 Å². The predicted octanol–water partition coefficient (Wildman–Crippen LogP) is 2.70. The summed E-state index contributed by atoms with van der Waals surface area (Å²) >= 11 is 0. The molecular formula is C73H126N6O28. The Kier molecular flexibility index (Phi) is 59.2. The first kappa shape index (κ1) is 94.6. The molecule has 3 amide bonds. The highest BCUT2D eigenvalue weighted by molar-refractivity contribution is 6.16. The van der Waals surface area contributed by atoms with Crippen molar-refractivity contribution in [3.05, 3.63) is 41.7 Å². The van der Waals surface area contributed by atoms with Gasteiger partial charge in [-0.2, -0.15) is 0 Å². The molecule has 616 valence electrons. The molecule has 1 aromatic carbocycles. The molecule has 1 aliphatic heterocycles. The van der Waals surface area contributed by atoms with Crippen LogP contribution in [0.2, 0.25) is 0 Å². The Morgan fingerprint density at radius 2 is 0.720 bits per heavy atom. The zero-order valence-electron chi connectivity index (χ0n) is 64.2. The van der Waals surface area contributed by atoms with E-state index >= 15 is 0 Å². The van der Waals surface area contributed by atoms with E-state index in [1.54, 1.807) is 6.92 Å². The van der Waals surface area contributed by atoms with Crippen LogP contribution in [0, 0.1) is 0 Å². The molecule has 34 nitrogen and oxygen atoms in total. The molecule has 3 N–H and O–H groups in total. The molecule has 0 spiro atoms. The van der Waals surface area contributed by atoms with Crippen LogP contribution in [-0.4, -0.2) is 373 Å². The van der Waals surface area contributed by atoms with Gasteiger partial charge in [0.2, 0.25) is 5.91 Å². The van der Waals surface area contributed by atoms with Crippen molar-refractivity contribution in [2.75, 3.05) is 336 Å². The van der Waals surface area contributed by atoms with Gasteiger partial charge in [0.05, 0.1) is 334 Å². The number of nitrogens with two attached hydrogens (primary N) is 1. The summed E-state index contributed by atoms with van der Waals surface area (Å²) in [5, 5.41) is 3.68. The van der Waals surface area contributed by atoms with E-state index in [-0.39, 0.29) is 30.7 Å². The van der Waals surface area contributed by atoms with E-state index in [0.717, 1.165) is 27.1 Å². The smallest absolute Gasteiger partial charge is 0.256 e. The Labute approximate surface area is 631 Å². The van der Waals surface area contributed by atoms with E-state index in [1.165, 1.54) is 6.08 Å². The molecule has 0 saturated carbocycles. The SMILES string of the molecule is CCOCc1nc2c(N)nc3ccccc3c2n1CC(C)(C)OCCOCCOCCOCCOCCOCCOCCOCCOCCOCCOCCOCCOCCOCCOCCOCCOCCOCCOCCOCCOCCOCCOCCOCCNC(=O)CCN1C(=O)C=C(C)C1=O. The predicted molar refractivity (Wildman–Crippen MR) is 392 cm³/mol. The third-order valence-electron chi connectivity index (χ3n) is 14.9. The number of fused-ring (bicyclic) bond motifs is 3. The fraction of sp³-hybridized carbons (Fsp3) is 0.795. The van der Waals surface area contributed by atoms with Gasteiger partial charge in [-0.1, -0.05) is 18.2 Å². The fourth-order valence-corrected chi connectivity index (χ4v) is 9.54. The third-order valence-corrected chi connectivity index (χ3v) is 14.9. The molecule has 34 heteroatoms. The van der Waals surface area contributed by atoms with Crippen LogP contribution in [0.1, 0.15) is 39.9 Å². The number of amides is 3. The molecule has 0 atom stereocenters. The van der Waals surface area contributed by atoms with E-state index in [0.29, 0.717) is 354 Å². The minimum Gasteiger partial charge on any atom is -0.382 e. The molecular weight excluding hydrogens is 1410 g/mol. The van der Waals surface area contributed by atoms with Gasteiger partial charge in [-0.05, 0) is 33.8 Å². The number of aromatic nitrogens is 3. The summed E-state index contributed by atoms with van der Waals surface area (Å²) in [5.74, 6) is 0.170. The van der Waals surface area contributed by atoms with Crippen LogP contribution in [0.5, 0.6) is 0 Å². The highest BCUT2D eigenvalue weighted by Gasteiger charge is 2.29. The van der Waals surface area contributed by atoms with Crippen molar-refractivity contribution in [3.8, 4) is 0 Å². The lowest BCUT2D eigenvalue weighted by molar-refractivity contribution is -0.137. The average molecular weight is 1540 g/mol. The van der Waals surface area contributed by atoms with Crippen LogP contribution in [0.15, 0.2) is 35.9 Å². The van der Waals surface area contributed by atoms with Gasteiger partial charge in [0.15, 0.2) is 5.82 Å². The second-order valence-corrected chi connectivity index (χ2v) is 23.9. The van der Waals surface area contributed by atoms with Gasteiger partial charge < -0.3 is 134 Å². The molecule has 0 bridgehead atoms. The topological polar surface area (TPSA) is 354 Å². The molecule has 3 aromatic rings. The summed E-state index contributed by atoms with van der Waals surface area (Å²) < 4.78 is 142. The van der Waals surface area contributed by atoms with Crippen molar-refractivity contribution in [1.82, 2.24) is 24.8 Å². The minimum absolute atomic E-state index is 0.0427. The maximum atomic E-state index is 11.9. The Bertz CT molecular complexity index is 2670. The number of imidazole rings is 1. The highest BCUT2D eigenvalue weighted by Crippen LogP contribution is 2.31. The van der Waals surface area contributed by atoms with Crippen LogP contribution in [0.3, 0.4) is 0 Å². The molecule has 2 aromatic heterocycles. The fourth-order valence-electron chi connectivity index (χ4n) is 9.54. The van der Waals surface area contributed by atoms with Crippen LogP contribution >= 0.6 is 0 Å². The maximum absolute atomic E-state index is 11.9. The summed E-state index contributed by atoms with van der Waals surface area (Å²) in [7, 11) is 0. The number of imide groups is 1. The number of nitrogens with zero attached hydrogens (tertiary/aromatic N) is 4. The van der Waals surface area contributed by atoms with Gasteiger partial charge in [0, 0.05) is 43.2 Å². The van der Waals surface area contributed by atoms with Crippen molar-refractivity contribution in [2.45, 2.75) is 52.9 Å². The number of nitrogens with one attached hydrogen (secondary N) is 1. The lowest BCUT2D eigenvalue weighted by Crippen LogP contribution is -2.36. The number of benzene rings is 1. The minimum atomic E-state index is -0.527. The summed E-state index contributed by atoms with van der Waals surface area (Å²) in [4.78, 5) is 46.0. The number of ether oxygens (including phenoxy) is 25. The molecule has 0 radical (unpaired) electrons. The molecule has 4 rings (SSSR count). The Balaban J connectivity index is 0.713.